The molecule has 1 aromatic carbocycles. The average molecular weight is 310 g/mol. The number of nitrogens with one attached hydrogen (secondary N) is 2. The molecule has 1 aliphatic carbocycles. The van der Waals surface area contributed by atoms with E-state index in [1.165, 1.54) is 44.2 Å². The molecule has 5 nitrogen and oxygen atoms in total. The molecule has 0 aliphatic heterocycles. The third-order valence-electron chi connectivity index (χ3n) is 3.80. The van der Waals surface area contributed by atoms with Crippen LogP contribution in [-0.4, -0.2) is 27.2 Å². The third kappa shape index (κ3) is 5.04. The Bertz CT molecular complexity index is 593. The van der Waals surface area contributed by atoms with E-state index in [9.17, 15) is 13.2 Å². The number of hydrogen-bond acceptors (Lipinski definition) is 3. The number of amides is 2. The van der Waals surface area contributed by atoms with Crippen molar-refractivity contribution in [1.82, 2.24) is 5.32 Å². The smallest absolute Gasteiger partial charge is 0.319 e. The Balaban J connectivity index is 1.87. The molecule has 2 N–H and O–H groups in total. The van der Waals surface area contributed by atoms with E-state index in [1.807, 2.05) is 0 Å². The van der Waals surface area contributed by atoms with Gasteiger partial charge in [-0.3, -0.25) is 0 Å². The Morgan fingerprint density at radius 2 is 1.95 bits per heavy atom. The monoisotopic (exact) mass is 310 g/mol. The van der Waals surface area contributed by atoms with Crippen molar-refractivity contribution >= 4 is 21.6 Å². The van der Waals surface area contributed by atoms with E-state index in [0.29, 0.717) is 18.2 Å². The maximum absolute atomic E-state index is 11.8. The van der Waals surface area contributed by atoms with Gasteiger partial charge in [0.05, 0.1) is 4.90 Å². The number of benzene rings is 1. The number of carbonyl (C=O) groups excluding carboxylic acids is 1. The maximum Gasteiger partial charge on any atom is 0.319 e. The second-order valence-electron chi connectivity index (χ2n) is 5.64. The van der Waals surface area contributed by atoms with E-state index >= 15 is 0 Å². The van der Waals surface area contributed by atoms with Gasteiger partial charge in [-0.25, -0.2) is 13.2 Å². The molecule has 0 spiro atoms. The van der Waals surface area contributed by atoms with Crippen LogP contribution in [0.1, 0.15) is 32.1 Å². The number of hydrogen-bond donors (Lipinski definition) is 2. The highest BCUT2D eigenvalue weighted by Crippen LogP contribution is 2.22. The van der Waals surface area contributed by atoms with Gasteiger partial charge in [0.1, 0.15) is 0 Å². The first-order chi connectivity index (χ1) is 9.95. The molecule has 0 atom stereocenters. The van der Waals surface area contributed by atoms with E-state index in [-0.39, 0.29) is 10.9 Å². The van der Waals surface area contributed by atoms with Crippen molar-refractivity contribution in [2.75, 3.05) is 18.1 Å². The first-order valence-electron chi connectivity index (χ1n) is 7.30. The van der Waals surface area contributed by atoms with Crippen LogP contribution in [0, 0.1) is 5.92 Å². The highest BCUT2D eigenvalue weighted by molar-refractivity contribution is 7.90. The highest BCUT2D eigenvalue weighted by Gasteiger charge is 2.14. The number of anilines is 1. The van der Waals surface area contributed by atoms with Crippen LogP contribution in [0.2, 0.25) is 0 Å². The Hall–Kier alpha value is -1.56. The molecule has 0 bridgehead atoms. The zero-order valence-corrected chi connectivity index (χ0v) is 13.1. The van der Waals surface area contributed by atoms with Crippen LogP contribution < -0.4 is 10.6 Å². The normalized spacial score (nSPS) is 16.4. The maximum atomic E-state index is 11.8. The lowest BCUT2D eigenvalue weighted by Gasteiger charge is -2.21. The van der Waals surface area contributed by atoms with E-state index in [0.717, 1.165) is 6.26 Å². The number of rotatable bonds is 4. The SMILES string of the molecule is CS(=O)(=O)c1cccc(NC(=O)NCC2CCCCC2)c1. The molecule has 21 heavy (non-hydrogen) atoms. The molecule has 6 heteroatoms. The third-order valence-corrected chi connectivity index (χ3v) is 4.91. The number of carbonyl (C=O) groups is 1. The Morgan fingerprint density at radius 1 is 1.24 bits per heavy atom. The Morgan fingerprint density at radius 3 is 2.62 bits per heavy atom. The highest BCUT2D eigenvalue weighted by atomic mass is 32.2. The molecule has 2 amide bonds. The standard InChI is InChI=1S/C15H22N2O3S/c1-21(19,20)14-9-5-8-13(10-14)17-15(18)16-11-12-6-3-2-4-7-12/h5,8-10,12H,2-4,6-7,11H2,1H3,(H2,16,17,18). The Kier molecular flexibility index (Phi) is 5.22. The molecule has 0 aromatic heterocycles. The van der Waals surface area contributed by atoms with Crippen LogP contribution in [0.5, 0.6) is 0 Å². The van der Waals surface area contributed by atoms with E-state index in [1.54, 1.807) is 12.1 Å². The first kappa shape index (κ1) is 15.8. The van der Waals surface area contributed by atoms with Crippen LogP contribution in [-0.2, 0) is 9.84 Å². The minimum Gasteiger partial charge on any atom is -0.338 e. The molecule has 0 unspecified atom stereocenters. The minimum atomic E-state index is -3.26. The quantitative estimate of drug-likeness (QED) is 0.898. The fourth-order valence-corrected chi connectivity index (χ4v) is 3.27. The first-order valence-corrected chi connectivity index (χ1v) is 9.19. The van der Waals surface area contributed by atoms with Crippen molar-refractivity contribution in [1.29, 1.82) is 0 Å². The van der Waals surface area contributed by atoms with Gasteiger partial charge in [0.25, 0.3) is 0 Å². The molecular weight excluding hydrogens is 288 g/mol. The predicted octanol–water partition coefficient (Wildman–Crippen LogP) is 2.79. The summed E-state index contributed by atoms with van der Waals surface area (Å²) >= 11 is 0. The molecule has 0 saturated heterocycles. The van der Waals surface area contributed by atoms with E-state index < -0.39 is 9.84 Å². The van der Waals surface area contributed by atoms with Gasteiger partial charge < -0.3 is 10.6 Å². The van der Waals surface area contributed by atoms with Crippen molar-refractivity contribution < 1.29 is 13.2 Å². The number of urea groups is 1. The fourth-order valence-electron chi connectivity index (χ4n) is 2.61. The van der Waals surface area contributed by atoms with Crippen LogP contribution >= 0.6 is 0 Å². The van der Waals surface area contributed by atoms with Crippen LogP contribution in [0.3, 0.4) is 0 Å². The lowest BCUT2D eigenvalue weighted by molar-refractivity contribution is 0.247. The molecule has 116 valence electrons. The summed E-state index contributed by atoms with van der Waals surface area (Å²) in [6.45, 7) is 0.678. The molecular formula is C15H22N2O3S. The summed E-state index contributed by atoms with van der Waals surface area (Å²) in [6.07, 6.45) is 7.26. The van der Waals surface area contributed by atoms with Gasteiger partial charge in [0.15, 0.2) is 9.84 Å². The van der Waals surface area contributed by atoms with Crippen molar-refractivity contribution in [3.05, 3.63) is 24.3 Å². The molecule has 1 fully saturated rings. The van der Waals surface area contributed by atoms with E-state index in [4.69, 9.17) is 0 Å². The van der Waals surface area contributed by atoms with Crippen molar-refractivity contribution in [3.63, 3.8) is 0 Å². The van der Waals surface area contributed by atoms with Crippen LogP contribution in [0.15, 0.2) is 29.2 Å². The second kappa shape index (κ2) is 6.93. The zero-order chi connectivity index (χ0) is 15.3. The predicted molar refractivity (Wildman–Crippen MR) is 83.1 cm³/mol. The fraction of sp³-hybridized carbons (Fsp3) is 0.533. The summed E-state index contributed by atoms with van der Waals surface area (Å²) in [5.74, 6) is 0.562. The molecule has 1 saturated carbocycles. The van der Waals surface area contributed by atoms with Crippen LogP contribution in [0.4, 0.5) is 10.5 Å². The topological polar surface area (TPSA) is 75.3 Å². The summed E-state index contributed by atoms with van der Waals surface area (Å²) in [7, 11) is -3.26. The average Bonchev–Trinajstić information content (AvgIpc) is 2.46. The molecule has 2 rings (SSSR count). The summed E-state index contributed by atoms with van der Waals surface area (Å²) < 4.78 is 22.9. The largest absolute Gasteiger partial charge is 0.338 e. The van der Waals surface area contributed by atoms with Gasteiger partial charge in [0.2, 0.25) is 0 Å². The van der Waals surface area contributed by atoms with Gasteiger partial charge in [-0.15, -0.1) is 0 Å². The summed E-state index contributed by atoms with van der Waals surface area (Å²) in [5.41, 5.74) is 0.485. The zero-order valence-electron chi connectivity index (χ0n) is 12.3. The Labute approximate surface area is 126 Å². The van der Waals surface area contributed by atoms with Crippen LogP contribution in [0.25, 0.3) is 0 Å². The van der Waals surface area contributed by atoms with E-state index in [2.05, 4.69) is 10.6 Å². The lowest BCUT2D eigenvalue weighted by Crippen LogP contribution is -2.33. The summed E-state index contributed by atoms with van der Waals surface area (Å²) in [6, 6.07) is 5.99. The van der Waals surface area contributed by atoms with Gasteiger partial charge in [-0.1, -0.05) is 25.3 Å². The van der Waals surface area contributed by atoms with Gasteiger partial charge in [0, 0.05) is 18.5 Å². The lowest BCUT2D eigenvalue weighted by atomic mass is 9.89. The summed E-state index contributed by atoms with van der Waals surface area (Å²) in [5, 5.41) is 5.54. The summed E-state index contributed by atoms with van der Waals surface area (Å²) in [4.78, 5) is 12.0. The van der Waals surface area contributed by atoms with Crippen molar-refractivity contribution in [3.8, 4) is 0 Å². The minimum absolute atomic E-state index is 0.201. The van der Waals surface area contributed by atoms with Gasteiger partial charge in [-0.05, 0) is 37.0 Å². The molecule has 1 aliphatic rings. The second-order valence-corrected chi connectivity index (χ2v) is 7.65. The van der Waals surface area contributed by atoms with Crippen molar-refractivity contribution in [2.24, 2.45) is 5.92 Å². The number of sulfone groups is 1. The molecule has 0 radical (unpaired) electrons. The van der Waals surface area contributed by atoms with Gasteiger partial charge >= 0.3 is 6.03 Å². The van der Waals surface area contributed by atoms with Gasteiger partial charge in [-0.2, -0.15) is 0 Å². The molecule has 0 heterocycles. The molecule has 1 aromatic rings. The van der Waals surface area contributed by atoms with Crippen molar-refractivity contribution in [2.45, 2.75) is 37.0 Å².